The number of hydrogen-bond donors (Lipinski definition) is 4. The molecule has 7 nitrogen and oxygen atoms in total. The standard InChI is InChI=1S/C16H27N3O4/c1-2-17-15(18-10-13(21)14-4-3-8-23-14)19-11-16(5-7-20)6-9-22-12-16/h3-4,8,13,20-21H,2,5-7,9-12H2,1H3,(H2,17,18,19). The Bertz CT molecular complexity index is 470. The molecule has 1 aromatic heterocycles. The molecular formula is C16H27N3O4. The summed E-state index contributed by atoms with van der Waals surface area (Å²) in [5, 5.41) is 25.6. The van der Waals surface area contributed by atoms with Gasteiger partial charge in [0.05, 0.1) is 26.0 Å². The van der Waals surface area contributed by atoms with Gasteiger partial charge in [-0.2, -0.15) is 0 Å². The molecule has 130 valence electrons. The molecule has 1 fully saturated rings. The predicted octanol–water partition coefficient (Wildman–Crippen LogP) is 0.657. The van der Waals surface area contributed by atoms with Crippen molar-refractivity contribution in [3.8, 4) is 0 Å². The second-order valence-electron chi connectivity index (χ2n) is 5.88. The van der Waals surface area contributed by atoms with Crippen LogP contribution >= 0.6 is 0 Å². The van der Waals surface area contributed by atoms with E-state index in [2.05, 4.69) is 15.6 Å². The number of aliphatic imine (C=N–C) groups is 1. The molecule has 1 saturated heterocycles. The normalized spacial score (nSPS) is 23.0. The van der Waals surface area contributed by atoms with Crippen molar-refractivity contribution in [3.63, 3.8) is 0 Å². The van der Waals surface area contributed by atoms with Crippen LogP contribution in [0.15, 0.2) is 27.8 Å². The van der Waals surface area contributed by atoms with Crippen LogP contribution in [0.25, 0.3) is 0 Å². The number of rotatable bonds is 8. The average Bonchev–Trinajstić information content (AvgIpc) is 3.22. The van der Waals surface area contributed by atoms with Gasteiger partial charge in [0.25, 0.3) is 0 Å². The van der Waals surface area contributed by atoms with Gasteiger partial charge in [-0.3, -0.25) is 4.99 Å². The maximum atomic E-state index is 10.0. The molecule has 2 atom stereocenters. The summed E-state index contributed by atoms with van der Waals surface area (Å²) in [5.74, 6) is 1.16. The van der Waals surface area contributed by atoms with E-state index in [0.717, 1.165) is 19.6 Å². The van der Waals surface area contributed by atoms with Gasteiger partial charge in [-0.15, -0.1) is 0 Å². The van der Waals surface area contributed by atoms with Crippen LogP contribution in [0.2, 0.25) is 0 Å². The third-order valence-corrected chi connectivity index (χ3v) is 4.08. The number of guanidine groups is 1. The van der Waals surface area contributed by atoms with Gasteiger partial charge in [0, 0.05) is 25.2 Å². The largest absolute Gasteiger partial charge is 0.467 e. The van der Waals surface area contributed by atoms with Crippen LogP contribution < -0.4 is 10.6 Å². The van der Waals surface area contributed by atoms with E-state index in [1.54, 1.807) is 12.1 Å². The molecule has 0 spiro atoms. The zero-order valence-electron chi connectivity index (χ0n) is 13.6. The second-order valence-corrected chi connectivity index (χ2v) is 5.88. The summed E-state index contributed by atoms with van der Waals surface area (Å²) in [4.78, 5) is 4.60. The first kappa shape index (κ1) is 17.8. The van der Waals surface area contributed by atoms with Crippen molar-refractivity contribution in [3.05, 3.63) is 24.2 Å². The minimum Gasteiger partial charge on any atom is -0.467 e. The van der Waals surface area contributed by atoms with Crippen LogP contribution in [0.5, 0.6) is 0 Å². The number of nitrogens with one attached hydrogen (secondary N) is 2. The van der Waals surface area contributed by atoms with Gasteiger partial charge >= 0.3 is 0 Å². The third-order valence-electron chi connectivity index (χ3n) is 4.08. The fourth-order valence-corrected chi connectivity index (χ4v) is 2.65. The van der Waals surface area contributed by atoms with E-state index in [4.69, 9.17) is 9.15 Å². The zero-order chi connectivity index (χ0) is 16.5. The fourth-order valence-electron chi connectivity index (χ4n) is 2.65. The van der Waals surface area contributed by atoms with Gasteiger partial charge in [-0.1, -0.05) is 0 Å². The molecule has 0 aliphatic carbocycles. The van der Waals surface area contributed by atoms with Crippen molar-refractivity contribution in [2.45, 2.75) is 25.9 Å². The van der Waals surface area contributed by atoms with Crippen molar-refractivity contribution in [1.82, 2.24) is 10.6 Å². The highest BCUT2D eigenvalue weighted by atomic mass is 16.5. The van der Waals surface area contributed by atoms with E-state index in [-0.39, 0.29) is 12.0 Å². The van der Waals surface area contributed by atoms with E-state index < -0.39 is 6.10 Å². The van der Waals surface area contributed by atoms with Crippen molar-refractivity contribution >= 4 is 5.96 Å². The Kier molecular flexibility index (Phi) is 6.88. The highest BCUT2D eigenvalue weighted by molar-refractivity contribution is 5.79. The first-order chi connectivity index (χ1) is 11.2. The van der Waals surface area contributed by atoms with E-state index in [9.17, 15) is 10.2 Å². The lowest BCUT2D eigenvalue weighted by atomic mass is 9.84. The Morgan fingerprint density at radius 3 is 2.96 bits per heavy atom. The molecule has 1 aromatic rings. The Labute approximate surface area is 136 Å². The summed E-state index contributed by atoms with van der Waals surface area (Å²) in [6, 6.07) is 3.49. The Morgan fingerprint density at radius 1 is 1.48 bits per heavy atom. The van der Waals surface area contributed by atoms with E-state index in [1.807, 2.05) is 6.92 Å². The molecular weight excluding hydrogens is 298 g/mol. The third kappa shape index (κ3) is 5.23. The van der Waals surface area contributed by atoms with E-state index in [1.165, 1.54) is 6.26 Å². The number of aliphatic hydroxyl groups is 2. The molecule has 0 bridgehead atoms. The van der Waals surface area contributed by atoms with Gasteiger partial charge in [0.2, 0.25) is 0 Å². The molecule has 1 aliphatic rings. The molecule has 0 radical (unpaired) electrons. The molecule has 2 rings (SSSR count). The summed E-state index contributed by atoms with van der Waals surface area (Å²) in [6.07, 6.45) is 2.41. The van der Waals surface area contributed by atoms with Crippen LogP contribution in [-0.4, -0.2) is 55.6 Å². The van der Waals surface area contributed by atoms with Gasteiger partial charge in [0.15, 0.2) is 5.96 Å². The summed E-state index contributed by atoms with van der Waals surface area (Å²) >= 11 is 0. The molecule has 7 heteroatoms. The van der Waals surface area contributed by atoms with Gasteiger partial charge < -0.3 is 30.0 Å². The summed E-state index contributed by atoms with van der Waals surface area (Å²) in [7, 11) is 0. The maximum absolute atomic E-state index is 10.0. The monoisotopic (exact) mass is 325 g/mol. The SMILES string of the molecule is CCNC(=NCC1(CCO)CCOC1)NCC(O)c1ccco1. The number of ether oxygens (including phenoxy) is 1. The van der Waals surface area contributed by atoms with Gasteiger partial charge in [0.1, 0.15) is 11.9 Å². The van der Waals surface area contributed by atoms with Crippen LogP contribution in [0, 0.1) is 5.41 Å². The minimum absolute atomic E-state index is 0.0866. The molecule has 2 heterocycles. The fraction of sp³-hybridized carbons (Fsp3) is 0.688. The minimum atomic E-state index is -0.727. The van der Waals surface area contributed by atoms with Gasteiger partial charge in [-0.05, 0) is 31.9 Å². The predicted molar refractivity (Wildman–Crippen MR) is 87.2 cm³/mol. The molecule has 23 heavy (non-hydrogen) atoms. The molecule has 0 aromatic carbocycles. The van der Waals surface area contributed by atoms with Crippen molar-refractivity contribution < 1.29 is 19.4 Å². The van der Waals surface area contributed by atoms with Crippen molar-refractivity contribution in [2.75, 3.05) is 39.5 Å². The summed E-state index contributed by atoms with van der Waals surface area (Å²) < 4.78 is 10.7. The Balaban J connectivity index is 1.91. The molecule has 0 saturated carbocycles. The lowest BCUT2D eigenvalue weighted by Crippen LogP contribution is -2.40. The highest BCUT2D eigenvalue weighted by Crippen LogP contribution is 2.32. The molecule has 2 unspecified atom stereocenters. The number of aliphatic hydroxyl groups excluding tert-OH is 2. The van der Waals surface area contributed by atoms with Crippen LogP contribution in [0.3, 0.4) is 0 Å². The smallest absolute Gasteiger partial charge is 0.191 e. The number of hydrogen-bond acceptors (Lipinski definition) is 5. The zero-order valence-corrected chi connectivity index (χ0v) is 13.6. The van der Waals surface area contributed by atoms with E-state index >= 15 is 0 Å². The van der Waals surface area contributed by atoms with Crippen LogP contribution in [-0.2, 0) is 4.74 Å². The second kappa shape index (κ2) is 8.90. The summed E-state index contributed by atoms with van der Waals surface area (Å²) in [6.45, 7) is 5.10. The molecule has 1 aliphatic heterocycles. The first-order valence-corrected chi connectivity index (χ1v) is 8.11. The van der Waals surface area contributed by atoms with Gasteiger partial charge in [-0.25, -0.2) is 0 Å². The molecule has 4 N–H and O–H groups in total. The lowest BCUT2D eigenvalue weighted by molar-refractivity contribution is 0.131. The quantitative estimate of drug-likeness (QED) is 0.414. The van der Waals surface area contributed by atoms with Crippen molar-refractivity contribution in [1.29, 1.82) is 0 Å². The first-order valence-electron chi connectivity index (χ1n) is 8.11. The Hall–Kier alpha value is -1.57. The number of nitrogens with zero attached hydrogens (tertiary/aromatic N) is 1. The number of furan rings is 1. The summed E-state index contributed by atoms with van der Waals surface area (Å²) in [5.41, 5.74) is -0.0866. The van der Waals surface area contributed by atoms with E-state index in [0.29, 0.717) is 37.8 Å². The van der Waals surface area contributed by atoms with Crippen LogP contribution in [0.1, 0.15) is 31.6 Å². The van der Waals surface area contributed by atoms with Crippen LogP contribution in [0.4, 0.5) is 0 Å². The lowest BCUT2D eigenvalue weighted by Gasteiger charge is -2.25. The molecule has 0 amide bonds. The highest BCUT2D eigenvalue weighted by Gasteiger charge is 2.34. The Morgan fingerprint density at radius 2 is 2.35 bits per heavy atom. The van der Waals surface area contributed by atoms with Crippen molar-refractivity contribution in [2.24, 2.45) is 10.4 Å². The average molecular weight is 325 g/mol. The maximum Gasteiger partial charge on any atom is 0.191 e. The topological polar surface area (TPSA) is 99.3 Å².